The van der Waals surface area contributed by atoms with Gasteiger partial charge in [0.2, 0.25) is 5.91 Å². The monoisotopic (exact) mass is 449 g/mol. The van der Waals surface area contributed by atoms with E-state index in [-0.39, 0.29) is 29.5 Å². The van der Waals surface area contributed by atoms with Gasteiger partial charge in [0.05, 0.1) is 27.2 Å². The lowest BCUT2D eigenvalue weighted by Gasteiger charge is -2.17. The Hall–Kier alpha value is -3.10. The van der Waals surface area contributed by atoms with Crippen LogP contribution in [-0.2, 0) is 19.1 Å². The van der Waals surface area contributed by atoms with Gasteiger partial charge in [-0.05, 0) is 24.3 Å². The molecule has 0 aromatic heterocycles. The number of esters is 1. The predicted octanol–water partition coefficient (Wildman–Crippen LogP) is 2.35. The highest BCUT2D eigenvalue weighted by Gasteiger charge is 2.37. The van der Waals surface area contributed by atoms with Crippen molar-refractivity contribution in [1.82, 2.24) is 10.9 Å². The Bertz CT molecular complexity index is 998. The fourth-order valence-corrected chi connectivity index (χ4v) is 3.36. The van der Waals surface area contributed by atoms with Crippen LogP contribution in [0.25, 0.3) is 0 Å². The maximum atomic E-state index is 12.2. The molecule has 30 heavy (non-hydrogen) atoms. The second-order valence-corrected chi connectivity index (χ2v) is 7.26. The van der Waals surface area contributed by atoms with Crippen LogP contribution < -0.4 is 15.8 Å². The first-order chi connectivity index (χ1) is 14.4. The molecule has 1 atom stereocenters. The first-order valence-electron chi connectivity index (χ1n) is 8.92. The summed E-state index contributed by atoms with van der Waals surface area (Å²) >= 11 is 12.0. The molecule has 3 amide bonds. The van der Waals surface area contributed by atoms with Gasteiger partial charge in [0, 0.05) is 13.0 Å². The van der Waals surface area contributed by atoms with Crippen LogP contribution in [0.3, 0.4) is 0 Å². The summed E-state index contributed by atoms with van der Waals surface area (Å²) in [6.45, 7) is -0.509. The Labute approximate surface area is 182 Å². The van der Waals surface area contributed by atoms with Gasteiger partial charge in [0.25, 0.3) is 11.8 Å². The third-order valence-corrected chi connectivity index (χ3v) is 5.03. The molecule has 1 aliphatic heterocycles. The number of para-hydroxylation sites is 1. The van der Waals surface area contributed by atoms with Crippen LogP contribution in [0.2, 0.25) is 10.0 Å². The van der Waals surface area contributed by atoms with Gasteiger partial charge in [0.15, 0.2) is 6.61 Å². The summed E-state index contributed by atoms with van der Waals surface area (Å²) in [5.41, 5.74) is 5.01. The average Bonchev–Trinajstić information content (AvgIpc) is 3.12. The second-order valence-electron chi connectivity index (χ2n) is 6.45. The van der Waals surface area contributed by atoms with Crippen molar-refractivity contribution in [3.05, 3.63) is 64.1 Å². The fraction of sp³-hybridized carbons (Fsp3) is 0.200. The number of amides is 3. The number of hydrazine groups is 1. The molecule has 2 aromatic rings. The SMILES string of the molecule is O=C(COC(=O)[C@@H]1CC(=O)N(c2ccccc2Cl)C1)NNC(=O)c1ccccc1Cl. The zero-order valence-electron chi connectivity index (χ0n) is 15.6. The summed E-state index contributed by atoms with van der Waals surface area (Å²) in [6, 6.07) is 13.1. The molecular formula is C20H17Cl2N3O5. The van der Waals surface area contributed by atoms with Crippen molar-refractivity contribution in [2.45, 2.75) is 6.42 Å². The van der Waals surface area contributed by atoms with Gasteiger partial charge in [-0.2, -0.15) is 0 Å². The molecule has 0 spiro atoms. The van der Waals surface area contributed by atoms with Crippen LogP contribution in [0.1, 0.15) is 16.8 Å². The predicted molar refractivity (Wildman–Crippen MR) is 110 cm³/mol. The number of anilines is 1. The molecule has 10 heteroatoms. The largest absolute Gasteiger partial charge is 0.455 e. The minimum atomic E-state index is -0.740. The van der Waals surface area contributed by atoms with E-state index in [4.69, 9.17) is 27.9 Å². The molecule has 1 fully saturated rings. The zero-order valence-corrected chi connectivity index (χ0v) is 17.1. The quantitative estimate of drug-likeness (QED) is 0.538. The van der Waals surface area contributed by atoms with E-state index in [9.17, 15) is 19.2 Å². The van der Waals surface area contributed by atoms with Crippen molar-refractivity contribution in [2.75, 3.05) is 18.1 Å². The second kappa shape index (κ2) is 9.60. The third-order valence-electron chi connectivity index (χ3n) is 4.38. The van der Waals surface area contributed by atoms with Gasteiger partial charge >= 0.3 is 5.97 Å². The molecule has 0 unspecified atom stereocenters. The van der Waals surface area contributed by atoms with Gasteiger partial charge in [-0.1, -0.05) is 47.5 Å². The summed E-state index contributed by atoms with van der Waals surface area (Å²) in [5, 5.41) is 0.623. The highest BCUT2D eigenvalue weighted by molar-refractivity contribution is 6.34. The molecule has 0 saturated carbocycles. The summed E-state index contributed by atoms with van der Waals surface area (Å²) in [4.78, 5) is 49.7. The Morgan fingerprint density at radius 2 is 1.67 bits per heavy atom. The molecule has 3 rings (SSSR count). The molecule has 8 nitrogen and oxygen atoms in total. The number of carbonyl (C=O) groups excluding carboxylic acids is 4. The molecule has 1 saturated heterocycles. The molecule has 2 aromatic carbocycles. The van der Waals surface area contributed by atoms with Gasteiger partial charge in [-0.3, -0.25) is 30.0 Å². The lowest BCUT2D eigenvalue weighted by Crippen LogP contribution is -2.44. The summed E-state index contributed by atoms with van der Waals surface area (Å²) < 4.78 is 4.97. The van der Waals surface area contributed by atoms with Crippen molar-refractivity contribution < 1.29 is 23.9 Å². The van der Waals surface area contributed by atoms with E-state index in [1.807, 2.05) is 0 Å². The van der Waals surface area contributed by atoms with Crippen molar-refractivity contribution in [1.29, 1.82) is 0 Å². The Balaban J connectivity index is 1.47. The molecule has 1 heterocycles. The summed E-state index contributed by atoms with van der Waals surface area (Å²) in [6.07, 6.45) is -0.0467. The molecule has 1 aliphatic rings. The van der Waals surface area contributed by atoms with Crippen LogP contribution in [0.15, 0.2) is 48.5 Å². The number of benzene rings is 2. The number of rotatable bonds is 5. The number of ether oxygens (including phenoxy) is 1. The smallest absolute Gasteiger partial charge is 0.311 e. The number of carbonyl (C=O) groups is 4. The Morgan fingerprint density at radius 3 is 2.37 bits per heavy atom. The molecule has 0 radical (unpaired) electrons. The van der Waals surface area contributed by atoms with Crippen molar-refractivity contribution in [3.8, 4) is 0 Å². The van der Waals surface area contributed by atoms with Crippen molar-refractivity contribution in [2.24, 2.45) is 5.92 Å². The average molecular weight is 450 g/mol. The van der Waals surface area contributed by atoms with E-state index in [0.29, 0.717) is 10.7 Å². The zero-order chi connectivity index (χ0) is 21.7. The summed E-state index contributed by atoms with van der Waals surface area (Å²) in [5.74, 6) is -3.03. The first kappa shape index (κ1) is 21.6. The molecule has 0 bridgehead atoms. The van der Waals surface area contributed by atoms with Gasteiger partial charge in [-0.15, -0.1) is 0 Å². The maximum Gasteiger partial charge on any atom is 0.311 e. The van der Waals surface area contributed by atoms with Gasteiger partial charge in [0.1, 0.15) is 0 Å². The number of nitrogens with zero attached hydrogens (tertiary/aromatic N) is 1. The lowest BCUT2D eigenvalue weighted by atomic mass is 10.1. The third kappa shape index (κ3) is 5.08. The van der Waals surface area contributed by atoms with E-state index < -0.39 is 30.3 Å². The maximum absolute atomic E-state index is 12.2. The standard InChI is InChI=1S/C20H17Cl2N3O5/c21-14-6-2-1-5-13(14)19(28)24-23-17(26)11-30-20(29)12-9-18(27)25(10-12)16-8-4-3-7-15(16)22/h1-8,12H,9-11H2,(H,23,26)(H,24,28)/t12-/m1/s1. The van der Waals surface area contributed by atoms with E-state index in [1.54, 1.807) is 36.4 Å². The van der Waals surface area contributed by atoms with Gasteiger partial charge < -0.3 is 9.64 Å². The molecule has 156 valence electrons. The minimum absolute atomic E-state index is 0.0467. The topological polar surface area (TPSA) is 105 Å². The normalized spacial score (nSPS) is 15.6. The van der Waals surface area contributed by atoms with Crippen LogP contribution in [0.4, 0.5) is 5.69 Å². The fourth-order valence-electron chi connectivity index (χ4n) is 2.90. The number of nitrogens with one attached hydrogen (secondary N) is 2. The first-order valence-corrected chi connectivity index (χ1v) is 9.67. The molecule has 2 N–H and O–H groups in total. The molecule has 0 aliphatic carbocycles. The van der Waals surface area contributed by atoms with Gasteiger partial charge in [-0.25, -0.2) is 0 Å². The summed E-state index contributed by atoms with van der Waals surface area (Å²) in [7, 11) is 0. The van der Waals surface area contributed by atoms with Crippen molar-refractivity contribution >= 4 is 52.6 Å². The number of hydrogen-bond acceptors (Lipinski definition) is 5. The van der Waals surface area contributed by atoms with E-state index in [1.165, 1.54) is 17.0 Å². The molecular weight excluding hydrogens is 433 g/mol. The van der Waals surface area contributed by atoms with Crippen molar-refractivity contribution in [3.63, 3.8) is 0 Å². The van der Waals surface area contributed by atoms with E-state index in [0.717, 1.165) is 0 Å². The Kier molecular flexibility index (Phi) is 6.91. The van der Waals surface area contributed by atoms with Crippen LogP contribution in [-0.4, -0.2) is 36.8 Å². The van der Waals surface area contributed by atoms with Crippen LogP contribution in [0, 0.1) is 5.92 Å². The lowest BCUT2D eigenvalue weighted by molar-refractivity contribution is -0.152. The number of hydrogen-bond donors (Lipinski definition) is 2. The van der Waals surface area contributed by atoms with Crippen LogP contribution >= 0.6 is 23.2 Å². The highest BCUT2D eigenvalue weighted by Crippen LogP contribution is 2.31. The minimum Gasteiger partial charge on any atom is -0.455 e. The number of halogens is 2. The van der Waals surface area contributed by atoms with E-state index >= 15 is 0 Å². The van der Waals surface area contributed by atoms with E-state index in [2.05, 4.69) is 10.9 Å². The Morgan fingerprint density at radius 1 is 1.00 bits per heavy atom. The van der Waals surface area contributed by atoms with Crippen LogP contribution in [0.5, 0.6) is 0 Å². The highest BCUT2D eigenvalue weighted by atomic mass is 35.5.